The Balaban J connectivity index is 1.51. The molecule has 1 N–H and O–H groups in total. The van der Waals surface area contributed by atoms with Crippen LogP contribution in [0, 0.1) is 0 Å². The zero-order valence-corrected chi connectivity index (χ0v) is 18.0. The second-order valence-electron chi connectivity index (χ2n) is 6.57. The molecule has 4 rings (SSSR count). The number of rotatable bonds is 7. The van der Waals surface area contributed by atoms with E-state index in [2.05, 4.69) is 47.2 Å². The molecule has 0 atom stereocenters. The molecule has 150 valence electrons. The first-order valence-electron chi connectivity index (χ1n) is 9.48. The highest BCUT2D eigenvalue weighted by molar-refractivity contribution is 9.10. The van der Waals surface area contributed by atoms with Gasteiger partial charge < -0.3 is 10.2 Å². The quantitative estimate of drug-likeness (QED) is 0.433. The molecule has 0 aliphatic carbocycles. The summed E-state index contributed by atoms with van der Waals surface area (Å²) in [5.41, 5.74) is 2.12. The normalized spacial score (nSPS) is 10.6. The largest absolute Gasteiger partial charge is 0.354 e. The van der Waals surface area contributed by atoms with Gasteiger partial charge in [0.2, 0.25) is 5.95 Å². The van der Waals surface area contributed by atoms with Crippen molar-refractivity contribution in [2.24, 2.45) is 0 Å². The van der Waals surface area contributed by atoms with Gasteiger partial charge in [0, 0.05) is 43.9 Å². The minimum absolute atomic E-state index is 0.566. The van der Waals surface area contributed by atoms with E-state index >= 15 is 0 Å². The molecule has 0 aliphatic rings. The van der Waals surface area contributed by atoms with Gasteiger partial charge in [-0.1, -0.05) is 36.4 Å². The standard InChI is InChI=1S/C22H20BrN7/c1-30(21-18(23)15-27-20(29-21)17-7-3-2-4-8-17)19-10-13-26-22(28-19)25-12-9-16-6-5-11-24-14-16/h2-8,10-11,13-15H,9,12H2,1H3,(H,25,26,28). The van der Waals surface area contributed by atoms with E-state index in [0.717, 1.165) is 33.7 Å². The van der Waals surface area contributed by atoms with Gasteiger partial charge in [-0.05, 0) is 40.0 Å². The highest BCUT2D eigenvalue weighted by Crippen LogP contribution is 2.29. The van der Waals surface area contributed by atoms with Crippen LogP contribution in [0.1, 0.15) is 5.56 Å². The summed E-state index contributed by atoms with van der Waals surface area (Å²) in [6, 6.07) is 15.7. The van der Waals surface area contributed by atoms with Crippen LogP contribution in [-0.2, 0) is 6.42 Å². The van der Waals surface area contributed by atoms with Crippen molar-refractivity contribution < 1.29 is 0 Å². The summed E-state index contributed by atoms with van der Waals surface area (Å²) >= 11 is 3.56. The molecule has 30 heavy (non-hydrogen) atoms. The number of hydrogen-bond acceptors (Lipinski definition) is 7. The van der Waals surface area contributed by atoms with Crippen LogP contribution in [0.25, 0.3) is 11.4 Å². The van der Waals surface area contributed by atoms with E-state index in [-0.39, 0.29) is 0 Å². The van der Waals surface area contributed by atoms with E-state index in [1.807, 2.05) is 60.6 Å². The van der Waals surface area contributed by atoms with E-state index in [1.54, 1.807) is 18.6 Å². The molecule has 8 heteroatoms. The molecular weight excluding hydrogens is 442 g/mol. The average Bonchev–Trinajstić information content (AvgIpc) is 2.80. The van der Waals surface area contributed by atoms with E-state index in [0.29, 0.717) is 18.3 Å². The monoisotopic (exact) mass is 461 g/mol. The van der Waals surface area contributed by atoms with Crippen LogP contribution in [0.3, 0.4) is 0 Å². The third-order valence-electron chi connectivity index (χ3n) is 4.48. The van der Waals surface area contributed by atoms with E-state index < -0.39 is 0 Å². The van der Waals surface area contributed by atoms with Crippen LogP contribution < -0.4 is 10.2 Å². The van der Waals surface area contributed by atoms with E-state index in [9.17, 15) is 0 Å². The molecule has 0 saturated heterocycles. The molecule has 3 aromatic heterocycles. The Hall–Kier alpha value is -3.39. The van der Waals surface area contributed by atoms with Crippen molar-refractivity contribution in [3.8, 4) is 11.4 Å². The Labute approximate surface area is 183 Å². The van der Waals surface area contributed by atoms with Gasteiger partial charge in [-0.15, -0.1) is 0 Å². The smallest absolute Gasteiger partial charge is 0.224 e. The fraction of sp³-hybridized carbons (Fsp3) is 0.136. The minimum Gasteiger partial charge on any atom is -0.354 e. The highest BCUT2D eigenvalue weighted by Gasteiger charge is 2.14. The van der Waals surface area contributed by atoms with Crippen LogP contribution in [-0.4, -0.2) is 38.5 Å². The number of benzene rings is 1. The lowest BCUT2D eigenvalue weighted by molar-refractivity contribution is 0.964. The fourth-order valence-corrected chi connectivity index (χ4v) is 3.37. The number of nitrogens with one attached hydrogen (secondary N) is 1. The maximum absolute atomic E-state index is 4.73. The maximum atomic E-state index is 4.73. The molecular formula is C22H20BrN7. The summed E-state index contributed by atoms with van der Waals surface area (Å²) in [6.07, 6.45) is 7.97. The maximum Gasteiger partial charge on any atom is 0.224 e. The minimum atomic E-state index is 0.566. The lowest BCUT2D eigenvalue weighted by Crippen LogP contribution is -2.16. The molecule has 0 saturated carbocycles. The second kappa shape index (κ2) is 9.41. The number of halogens is 1. The van der Waals surface area contributed by atoms with Crippen molar-refractivity contribution in [3.05, 3.63) is 83.4 Å². The number of aromatic nitrogens is 5. The second-order valence-corrected chi connectivity index (χ2v) is 7.42. The lowest BCUT2D eigenvalue weighted by Gasteiger charge is -2.19. The zero-order valence-electron chi connectivity index (χ0n) is 16.4. The van der Waals surface area contributed by atoms with Gasteiger partial charge in [0.05, 0.1) is 4.47 Å². The molecule has 0 bridgehead atoms. The van der Waals surface area contributed by atoms with Crippen molar-refractivity contribution >= 4 is 33.5 Å². The van der Waals surface area contributed by atoms with Crippen LogP contribution in [0.2, 0.25) is 0 Å². The van der Waals surface area contributed by atoms with Gasteiger partial charge in [-0.3, -0.25) is 4.98 Å². The van der Waals surface area contributed by atoms with Crippen molar-refractivity contribution in [3.63, 3.8) is 0 Å². The Bertz CT molecular complexity index is 1110. The van der Waals surface area contributed by atoms with Crippen molar-refractivity contribution in [2.75, 3.05) is 23.8 Å². The summed E-state index contributed by atoms with van der Waals surface area (Å²) in [5.74, 6) is 2.68. The predicted molar refractivity (Wildman–Crippen MR) is 122 cm³/mol. The zero-order chi connectivity index (χ0) is 20.8. The van der Waals surface area contributed by atoms with Crippen LogP contribution in [0.15, 0.2) is 77.8 Å². The Kier molecular flexibility index (Phi) is 6.24. The molecule has 0 unspecified atom stereocenters. The molecule has 4 aromatic rings. The number of hydrogen-bond donors (Lipinski definition) is 1. The Morgan fingerprint density at radius 2 is 1.80 bits per heavy atom. The topological polar surface area (TPSA) is 79.7 Å². The van der Waals surface area contributed by atoms with Gasteiger partial charge >= 0.3 is 0 Å². The third kappa shape index (κ3) is 4.77. The van der Waals surface area contributed by atoms with Gasteiger partial charge in [0.1, 0.15) is 5.82 Å². The lowest BCUT2D eigenvalue weighted by atomic mass is 10.2. The average molecular weight is 462 g/mol. The third-order valence-corrected chi connectivity index (χ3v) is 5.04. The molecule has 1 aromatic carbocycles. The summed E-state index contributed by atoms with van der Waals surface area (Å²) in [7, 11) is 1.92. The summed E-state index contributed by atoms with van der Waals surface area (Å²) in [5, 5.41) is 3.27. The fourth-order valence-electron chi connectivity index (χ4n) is 2.91. The summed E-state index contributed by atoms with van der Waals surface area (Å²) in [6.45, 7) is 0.716. The van der Waals surface area contributed by atoms with Crippen LogP contribution in [0.5, 0.6) is 0 Å². The molecule has 0 radical (unpaired) electrons. The van der Waals surface area contributed by atoms with Gasteiger partial charge in [-0.25, -0.2) is 15.0 Å². The van der Waals surface area contributed by atoms with Gasteiger partial charge in [-0.2, -0.15) is 4.98 Å². The van der Waals surface area contributed by atoms with E-state index in [1.165, 1.54) is 0 Å². The highest BCUT2D eigenvalue weighted by atomic mass is 79.9. The molecule has 3 heterocycles. The molecule has 0 spiro atoms. The number of anilines is 3. The first-order chi connectivity index (χ1) is 14.7. The van der Waals surface area contributed by atoms with Gasteiger partial charge in [0.15, 0.2) is 11.6 Å². The van der Waals surface area contributed by atoms with Crippen molar-refractivity contribution in [2.45, 2.75) is 6.42 Å². The number of nitrogens with zero attached hydrogens (tertiary/aromatic N) is 6. The van der Waals surface area contributed by atoms with Crippen molar-refractivity contribution in [1.29, 1.82) is 0 Å². The first kappa shape index (κ1) is 19.9. The molecule has 0 fully saturated rings. The first-order valence-corrected chi connectivity index (χ1v) is 10.3. The molecule has 0 amide bonds. The van der Waals surface area contributed by atoms with Crippen LogP contribution in [0.4, 0.5) is 17.6 Å². The van der Waals surface area contributed by atoms with Crippen molar-refractivity contribution in [1.82, 2.24) is 24.9 Å². The predicted octanol–water partition coefficient (Wildman–Crippen LogP) is 4.51. The Morgan fingerprint density at radius 1 is 0.933 bits per heavy atom. The Morgan fingerprint density at radius 3 is 2.60 bits per heavy atom. The molecule has 7 nitrogen and oxygen atoms in total. The summed E-state index contributed by atoms with van der Waals surface area (Å²) in [4.78, 5) is 24.2. The van der Waals surface area contributed by atoms with E-state index in [4.69, 9.17) is 4.98 Å². The summed E-state index contributed by atoms with van der Waals surface area (Å²) < 4.78 is 0.786. The van der Waals surface area contributed by atoms with Gasteiger partial charge in [0.25, 0.3) is 0 Å². The number of pyridine rings is 1. The van der Waals surface area contributed by atoms with Crippen LogP contribution >= 0.6 is 15.9 Å². The molecule has 0 aliphatic heterocycles. The SMILES string of the molecule is CN(c1ccnc(NCCc2cccnc2)n1)c1nc(-c2ccccc2)ncc1Br.